The van der Waals surface area contributed by atoms with Crippen molar-refractivity contribution in [3.8, 4) is 12.3 Å². The zero-order valence-electron chi connectivity index (χ0n) is 9.32. The molecule has 84 valence electrons. The Labute approximate surface area is 96.7 Å². The third-order valence-corrected chi connectivity index (χ3v) is 3.11. The second-order valence-electron chi connectivity index (χ2n) is 4.33. The predicted molar refractivity (Wildman–Crippen MR) is 66.3 cm³/mol. The summed E-state index contributed by atoms with van der Waals surface area (Å²) in [5.74, 6) is 2.61. The molecule has 1 aliphatic carbocycles. The van der Waals surface area contributed by atoms with E-state index in [0.717, 1.165) is 30.5 Å². The maximum absolute atomic E-state index is 9.85. The van der Waals surface area contributed by atoms with Crippen molar-refractivity contribution in [2.75, 3.05) is 5.32 Å². The molecule has 0 amide bonds. The molecule has 0 aliphatic heterocycles. The fourth-order valence-electron chi connectivity index (χ4n) is 2.19. The molecular weight excluding hydrogens is 198 g/mol. The molecule has 0 aromatic heterocycles. The molecule has 16 heavy (non-hydrogen) atoms. The van der Waals surface area contributed by atoms with Crippen molar-refractivity contribution in [3.05, 3.63) is 29.8 Å². The largest absolute Gasteiger partial charge is 0.391 e. The normalized spacial score (nSPS) is 24.8. The van der Waals surface area contributed by atoms with Gasteiger partial charge >= 0.3 is 0 Å². The highest BCUT2D eigenvalue weighted by atomic mass is 16.3. The van der Waals surface area contributed by atoms with E-state index in [1.54, 1.807) is 0 Å². The zero-order valence-corrected chi connectivity index (χ0v) is 9.32. The lowest BCUT2D eigenvalue weighted by Gasteiger charge is -2.29. The van der Waals surface area contributed by atoms with Crippen LogP contribution < -0.4 is 5.32 Å². The lowest BCUT2D eigenvalue weighted by molar-refractivity contribution is 0.116. The van der Waals surface area contributed by atoms with Crippen LogP contribution in [0.4, 0.5) is 5.69 Å². The van der Waals surface area contributed by atoms with E-state index >= 15 is 0 Å². The van der Waals surface area contributed by atoms with Crippen molar-refractivity contribution in [2.45, 2.75) is 37.8 Å². The van der Waals surface area contributed by atoms with Gasteiger partial charge in [-0.25, -0.2) is 0 Å². The van der Waals surface area contributed by atoms with Crippen LogP contribution in [0.3, 0.4) is 0 Å². The number of anilines is 1. The summed E-state index contributed by atoms with van der Waals surface area (Å²) >= 11 is 0. The van der Waals surface area contributed by atoms with E-state index in [4.69, 9.17) is 6.42 Å². The number of hydrogen-bond donors (Lipinski definition) is 2. The molecule has 0 radical (unpaired) electrons. The van der Waals surface area contributed by atoms with Crippen molar-refractivity contribution in [1.29, 1.82) is 0 Å². The van der Waals surface area contributed by atoms with Crippen LogP contribution in [-0.4, -0.2) is 17.3 Å². The van der Waals surface area contributed by atoms with E-state index in [-0.39, 0.29) is 12.1 Å². The number of hydrogen-bond acceptors (Lipinski definition) is 2. The Morgan fingerprint density at radius 2 is 2.12 bits per heavy atom. The van der Waals surface area contributed by atoms with Gasteiger partial charge in [0, 0.05) is 11.3 Å². The van der Waals surface area contributed by atoms with Gasteiger partial charge in [0.05, 0.1) is 12.1 Å². The summed E-state index contributed by atoms with van der Waals surface area (Å²) in [6.45, 7) is 0. The van der Waals surface area contributed by atoms with E-state index in [9.17, 15) is 5.11 Å². The maximum atomic E-state index is 9.85. The van der Waals surface area contributed by atoms with Gasteiger partial charge in [-0.1, -0.05) is 24.8 Å². The lowest BCUT2D eigenvalue weighted by Crippen LogP contribution is -2.36. The van der Waals surface area contributed by atoms with Gasteiger partial charge in [0.2, 0.25) is 0 Å². The molecule has 1 aromatic rings. The molecule has 2 heteroatoms. The lowest BCUT2D eigenvalue weighted by atomic mass is 9.92. The quantitative estimate of drug-likeness (QED) is 0.742. The summed E-state index contributed by atoms with van der Waals surface area (Å²) in [6, 6.07) is 7.94. The first-order chi connectivity index (χ1) is 7.79. The second kappa shape index (κ2) is 5.05. The van der Waals surface area contributed by atoms with Crippen LogP contribution >= 0.6 is 0 Å². The minimum Gasteiger partial charge on any atom is -0.391 e. The molecular formula is C14H17NO. The van der Waals surface area contributed by atoms with Crippen molar-refractivity contribution in [1.82, 2.24) is 0 Å². The molecule has 1 saturated carbocycles. The Bertz CT molecular complexity index is 394. The summed E-state index contributed by atoms with van der Waals surface area (Å²) in [5, 5.41) is 13.2. The van der Waals surface area contributed by atoms with Gasteiger partial charge in [0.25, 0.3) is 0 Å². The van der Waals surface area contributed by atoms with Crippen molar-refractivity contribution in [2.24, 2.45) is 0 Å². The average Bonchev–Trinajstić information content (AvgIpc) is 2.32. The van der Waals surface area contributed by atoms with E-state index < -0.39 is 0 Å². The average molecular weight is 215 g/mol. The van der Waals surface area contributed by atoms with Gasteiger partial charge < -0.3 is 10.4 Å². The molecule has 2 rings (SSSR count). The van der Waals surface area contributed by atoms with Gasteiger partial charge in [-0.15, -0.1) is 6.42 Å². The van der Waals surface area contributed by atoms with Crippen LogP contribution in [0.5, 0.6) is 0 Å². The van der Waals surface area contributed by atoms with E-state index in [0.29, 0.717) is 0 Å². The van der Waals surface area contributed by atoms with Crippen LogP contribution in [0.1, 0.15) is 31.2 Å². The van der Waals surface area contributed by atoms with Gasteiger partial charge in [0.1, 0.15) is 0 Å². The summed E-state index contributed by atoms with van der Waals surface area (Å²) in [5.41, 5.74) is 1.87. The number of benzene rings is 1. The maximum Gasteiger partial charge on any atom is 0.0741 e. The van der Waals surface area contributed by atoms with Crippen LogP contribution in [0, 0.1) is 12.3 Å². The molecule has 0 heterocycles. The minimum atomic E-state index is -0.233. The molecule has 1 fully saturated rings. The van der Waals surface area contributed by atoms with Crippen LogP contribution in [-0.2, 0) is 0 Å². The van der Waals surface area contributed by atoms with E-state index in [1.807, 2.05) is 24.3 Å². The molecule has 2 N–H and O–H groups in total. The smallest absolute Gasteiger partial charge is 0.0741 e. The van der Waals surface area contributed by atoms with Crippen LogP contribution in [0.15, 0.2) is 24.3 Å². The first kappa shape index (κ1) is 11.0. The minimum absolute atomic E-state index is 0.168. The summed E-state index contributed by atoms with van der Waals surface area (Å²) in [6.07, 6.45) is 9.36. The Morgan fingerprint density at radius 3 is 2.88 bits per heavy atom. The van der Waals surface area contributed by atoms with E-state index in [1.165, 1.54) is 6.42 Å². The van der Waals surface area contributed by atoms with Gasteiger partial charge in [-0.3, -0.25) is 0 Å². The highest BCUT2D eigenvalue weighted by molar-refractivity contribution is 5.50. The first-order valence-corrected chi connectivity index (χ1v) is 5.81. The number of aliphatic hydroxyl groups excluding tert-OH is 1. The molecule has 1 aliphatic rings. The zero-order chi connectivity index (χ0) is 11.4. The molecule has 0 saturated heterocycles. The Hall–Kier alpha value is -1.46. The first-order valence-electron chi connectivity index (χ1n) is 5.81. The third-order valence-electron chi connectivity index (χ3n) is 3.11. The van der Waals surface area contributed by atoms with Gasteiger partial charge in [0.15, 0.2) is 0 Å². The Morgan fingerprint density at radius 1 is 1.31 bits per heavy atom. The summed E-state index contributed by atoms with van der Waals surface area (Å²) in [4.78, 5) is 0. The number of rotatable bonds is 2. The molecule has 2 nitrogen and oxygen atoms in total. The van der Waals surface area contributed by atoms with Crippen LogP contribution in [0.2, 0.25) is 0 Å². The fraction of sp³-hybridized carbons (Fsp3) is 0.429. The van der Waals surface area contributed by atoms with Crippen molar-refractivity contribution >= 4 is 5.69 Å². The van der Waals surface area contributed by atoms with E-state index in [2.05, 4.69) is 11.2 Å². The third kappa shape index (κ3) is 2.56. The van der Waals surface area contributed by atoms with Gasteiger partial charge in [-0.05, 0) is 31.0 Å². The monoisotopic (exact) mass is 215 g/mol. The standard InChI is InChI=1S/C14H17NO/c1-2-11-6-5-7-12(10-11)15-13-8-3-4-9-14(13)16/h1,5-7,10,13-16H,3-4,8-9H2/t13-,14-/m1/s1. The van der Waals surface area contributed by atoms with Crippen molar-refractivity contribution < 1.29 is 5.11 Å². The molecule has 0 bridgehead atoms. The molecule has 1 aromatic carbocycles. The Balaban J connectivity index is 2.05. The predicted octanol–water partition coefficient (Wildman–Crippen LogP) is 2.38. The number of nitrogens with one attached hydrogen (secondary N) is 1. The molecule has 0 spiro atoms. The summed E-state index contributed by atoms with van der Waals surface area (Å²) < 4.78 is 0. The SMILES string of the molecule is C#Cc1cccc(N[C@@H]2CCCC[C@H]2O)c1. The van der Waals surface area contributed by atoms with Crippen LogP contribution in [0.25, 0.3) is 0 Å². The number of aliphatic hydroxyl groups is 1. The summed E-state index contributed by atoms with van der Waals surface area (Å²) in [7, 11) is 0. The Kier molecular flexibility index (Phi) is 3.48. The van der Waals surface area contributed by atoms with Crippen molar-refractivity contribution in [3.63, 3.8) is 0 Å². The molecule has 0 unspecified atom stereocenters. The van der Waals surface area contributed by atoms with Gasteiger partial charge in [-0.2, -0.15) is 0 Å². The highest BCUT2D eigenvalue weighted by Crippen LogP contribution is 2.22. The number of terminal acetylenes is 1. The topological polar surface area (TPSA) is 32.3 Å². The highest BCUT2D eigenvalue weighted by Gasteiger charge is 2.22. The fourth-order valence-corrected chi connectivity index (χ4v) is 2.19. The molecule has 2 atom stereocenters. The second-order valence-corrected chi connectivity index (χ2v) is 4.33.